The molecular formula is C13H27N3O. The number of oxime groups is 1. The molecule has 100 valence electrons. The number of nitrogens with zero attached hydrogens (tertiary/aromatic N) is 2. The van der Waals surface area contributed by atoms with Crippen LogP contribution in [0.2, 0.25) is 0 Å². The highest BCUT2D eigenvalue weighted by molar-refractivity contribution is 5.80. The Kier molecular flexibility index (Phi) is 5.25. The van der Waals surface area contributed by atoms with Gasteiger partial charge in [0.05, 0.1) is 0 Å². The molecule has 1 unspecified atom stereocenters. The Balaban J connectivity index is 2.61. The van der Waals surface area contributed by atoms with E-state index in [1.165, 1.54) is 19.3 Å². The van der Waals surface area contributed by atoms with Crippen molar-refractivity contribution in [3.05, 3.63) is 0 Å². The molecule has 0 bridgehead atoms. The molecule has 1 aliphatic rings. The number of nitrogens with two attached hydrogens (primary N) is 1. The monoisotopic (exact) mass is 241 g/mol. The van der Waals surface area contributed by atoms with Gasteiger partial charge in [-0.3, -0.25) is 4.90 Å². The summed E-state index contributed by atoms with van der Waals surface area (Å²) in [5.41, 5.74) is 6.12. The SMILES string of the molecule is CCC(CC(N)=NO)N1CCC(CC)(CC)C1. The zero-order valence-corrected chi connectivity index (χ0v) is 11.4. The minimum atomic E-state index is 0.349. The van der Waals surface area contributed by atoms with Gasteiger partial charge < -0.3 is 10.9 Å². The maximum atomic E-state index is 8.66. The van der Waals surface area contributed by atoms with Gasteiger partial charge in [0.15, 0.2) is 0 Å². The highest BCUT2D eigenvalue weighted by Crippen LogP contribution is 2.38. The molecule has 0 amide bonds. The molecule has 1 fully saturated rings. The van der Waals surface area contributed by atoms with Crippen molar-refractivity contribution in [3.8, 4) is 0 Å². The molecule has 1 atom stereocenters. The van der Waals surface area contributed by atoms with Gasteiger partial charge >= 0.3 is 0 Å². The van der Waals surface area contributed by atoms with E-state index in [1.54, 1.807) is 0 Å². The Morgan fingerprint density at radius 3 is 2.47 bits per heavy atom. The fourth-order valence-electron chi connectivity index (χ4n) is 2.92. The van der Waals surface area contributed by atoms with Crippen molar-refractivity contribution in [1.29, 1.82) is 0 Å². The normalized spacial score (nSPS) is 22.9. The highest BCUT2D eigenvalue weighted by Gasteiger charge is 2.37. The molecule has 0 aromatic rings. The number of hydrogen-bond donors (Lipinski definition) is 2. The van der Waals surface area contributed by atoms with Gasteiger partial charge in [-0.05, 0) is 37.6 Å². The first-order chi connectivity index (χ1) is 8.10. The Morgan fingerprint density at radius 2 is 2.06 bits per heavy atom. The van der Waals surface area contributed by atoms with Crippen LogP contribution in [-0.4, -0.2) is 35.1 Å². The fourth-order valence-corrected chi connectivity index (χ4v) is 2.92. The third kappa shape index (κ3) is 3.35. The molecule has 4 nitrogen and oxygen atoms in total. The Morgan fingerprint density at radius 1 is 1.41 bits per heavy atom. The molecule has 0 aliphatic carbocycles. The minimum Gasteiger partial charge on any atom is -0.409 e. The molecule has 1 saturated heterocycles. The molecule has 0 radical (unpaired) electrons. The quantitative estimate of drug-likeness (QED) is 0.325. The van der Waals surface area contributed by atoms with E-state index in [2.05, 4.69) is 30.8 Å². The summed E-state index contributed by atoms with van der Waals surface area (Å²) in [5.74, 6) is 0.349. The van der Waals surface area contributed by atoms with Gasteiger partial charge in [-0.15, -0.1) is 0 Å². The van der Waals surface area contributed by atoms with E-state index in [1.807, 2.05) is 0 Å². The maximum Gasteiger partial charge on any atom is 0.140 e. The van der Waals surface area contributed by atoms with Crippen LogP contribution in [0.25, 0.3) is 0 Å². The summed E-state index contributed by atoms with van der Waals surface area (Å²) in [6.07, 6.45) is 5.52. The first-order valence-electron chi connectivity index (χ1n) is 6.81. The Hall–Kier alpha value is -0.770. The summed E-state index contributed by atoms with van der Waals surface area (Å²) >= 11 is 0. The molecule has 0 aromatic heterocycles. The van der Waals surface area contributed by atoms with Crippen molar-refractivity contribution in [2.24, 2.45) is 16.3 Å². The number of amidine groups is 1. The third-order valence-electron chi connectivity index (χ3n) is 4.53. The van der Waals surface area contributed by atoms with Gasteiger partial charge in [0.2, 0.25) is 0 Å². The second kappa shape index (κ2) is 6.24. The van der Waals surface area contributed by atoms with E-state index in [0.29, 0.717) is 23.7 Å². The molecule has 17 heavy (non-hydrogen) atoms. The zero-order valence-electron chi connectivity index (χ0n) is 11.4. The van der Waals surface area contributed by atoms with E-state index in [-0.39, 0.29) is 0 Å². The molecule has 4 heteroatoms. The van der Waals surface area contributed by atoms with Crippen molar-refractivity contribution in [3.63, 3.8) is 0 Å². The number of likely N-dealkylation sites (tertiary alicyclic amines) is 1. The zero-order chi connectivity index (χ0) is 12.9. The van der Waals surface area contributed by atoms with Crippen LogP contribution in [0.5, 0.6) is 0 Å². The predicted molar refractivity (Wildman–Crippen MR) is 71.3 cm³/mol. The van der Waals surface area contributed by atoms with Crippen LogP contribution in [0.4, 0.5) is 0 Å². The summed E-state index contributed by atoms with van der Waals surface area (Å²) in [7, 11) is 0. The van der Waals surface area contributed by atoms with Gasteiger partial charge in [-0.25, -0.2) is 0 Å². The van der Waals surface area contributed by atoms with Crippen molar-refractivity contribution < 1.29 is 5.21 Å². The second-order valence-electron chi connectivity index (χ2n) is 5.29. The first kappa shape index (κ1) is 14.3. The van der Waals surface area contributed by atoms with Crippen molar-refractivity contribution >= 4 is 5.84 Å². The van der Waals surface area contributed by atoms with Gasteiger partial charge in [-0.2, -0.15) is 0 Å². The molecular weight excluding hydrogens is 214 g/mol. The van der Waals surface area contributed by atoms with Crippen LogP contribution >= 0.6 is 0 Å². The van der Waals surface area contributed by atoms with Crippen LogP contribution in [0.15, 0.2) is 5.16 Å². The number of hydrogen-bond acceptors (Lipinski definition) is 3. The second-order valence-corrected chi connectivity index (χ2v) is 5.29. The van der Waals surface area contributed by atoms with Crippen LogP contribution in [0, 0.1) is 5.41 Å². The highest BCUT2D eigenvalue weighted by atomic mass is 16.4. The lowest BCUT2D eigenvalue weighted by atomic mass is 9.82. The lowest BCUT2D eigenvalue weighted by molar-refractivity contribution is 0.191. The predicted octanol–water partition coefficient (Wildman–Crippen LogP) is 2.41. The van der Waals surface area contributed by atoms with Crippen molar-refractivity contribution in [2.45, 2.75) is 58.9 Å². The van der Waals surface area contributed by atoms with Crippen LogP contribution in [-0.2, 0) is 0 Å². The summed E-state index contributed by atoms with van der Waals surface area (Å²) in [6.45, 7) is 9.07. The molecule has 1 aliphatic heterocycles. The van der Waals surface area contributed by atoms with Gasteiger partial charge in [0.25, 0.3) is 0 Å². The standard InChI is InChI=1S/C13H27N3O/c1-4-11(9-12(14)15-17)16-8-7-13(5-2,6-3)10-16/h11,17H,4-10H2,1-3H3,(H2,14,15). The summed E-state index contributed by atoms with van der Waals surface area (Å²) < 4.78 is 0. The van der Waals surface area contributed by atoms with E-state index < -0.39 is 0 Å². The molecule has 0 saturated carbocycles. The molecule has 0 aromatic carbocycles. The topological polar surface area (TPSA) is 61.9 Å². The molecule has 3 N–H and O–H groups in total. The largest absolute Gasteiger partial charge is 0.409 e. The van der Waals surface area contributed by atoms with Crippen LogP contribution in [0.1, 0.15) is 52.9 Å². The lowest BCUT2D eigenvalue weighted by Crippen LogP contribution is -2.38. The summed E-state index contributed by atoms with van der Waals surface area (Å²) in [6, 6.07) is 0.422. The molecule has 0 spiro atoms. The van der Waals surface area contributed by atoms with Gasteiger partial charge in [0.1, 0.15) is 5.84 Å². The van der Waals surface area contributed by atoms with Crippen molar-refractivity contribution in [2.75, 3.05) is 13.1 Å². The minimum absolute atomic E-state index is 0.349. The Bertz CT molecular complexity index is 261. The number of rotatable bonds is 6. The summed E-state index contributed by atoms with van der Waals surface area (Å²) in [5, 5.41) is 11.8. The van der Waals surface area contributed by atoms with Crippen LogP contribution in [0.3, 0.4) is 0 Å². The third-order valence-corrected chi connectivity index (χ3v) is 4.53. The van der Waals surface area contributed by atoms with Crippen molar-refractivity contribution in [1.82, 2.24) is 4.90 Å². The van der Waals surface area contributed by atoms with Gasteiger partial charge in [-0.1, -0.05) is 25.9 Å². The fraction of sp³-hybridized carbons (Fsp3) is 0.923. The first-order valence-corrected chi connectivity index (χ1v) is 6.81. The Labute approximate surface area is 105 Å². The molecule has 1 rings (SSSR count). The van der Waals surface area contributed by atoms with Gasteiger partial charge in [0, 0.05) is 19.0 Å². The summed E-state index contributed by atoms with van der Waals surface area (Å²) in [4.78, 5) is 2.52. The van der Waals surface area contributed by atoms with E-state index in [0.717, 1.165) is 19.5 Å². The van der Waals surface area contributed by atoms with E-state index in [4.69, 9.17) is 10.9 Å². The van der Waals surface area contributed by atoms with E-state index in [9.17, 15) is 0 Å². The maximum absolute atomic E-state index is 8.66. The average Bonchev–Trinajstić information content (AvgIpc) is 2.80. The lowest BCUT2D eigenvalue weighted by Gasteiger charge is -2.30. The average molecular weight is 241 g/mol. The van der Waals surface area contributed by atoms with Crippen LogP contribution < -0.4 is 5.73 Å². The smallest absolute Gasteiger partial charge is 0.140 e. The molecule has 1 heterocycles. The van der Waals surface area contributed by atoms with E-state index >= 15 is 0 Å².